The molecule has 0 N–H and O–H groups in total. The first-order valence-corrected chi connectivity index (χ1v) is 8.76. The maximum absolute atomic E-state index is 13.3. The summed E-state index contributed by atoms with van der Waals surface area (Å²) in [5.41, 5.74) is 0.984. The molecule has 1 aliphatic heterocycles. The Morgan fingerprint density at radius 1 is 1.15 bits per heavy atom. The first kappa shape index (κ1) is 16.6. The molecule has 0 fully saturated rings. The van der Waals surface area contributed by atoms with Crippen LogP contribution in [-0.2, 0) is 20.1 Å². The third kappa shape index (κ3) is 2.36. The van der Waals surface area contributed by atoms with E-state index < -0.39 is 0 Å². The first-order chi connectivity index (χ1) is 12.5. The minimum absolute atomic E-state index is 0.301. The number of nitrogens with zero attached hydrogens (tertiary/aromatic N) is 5. The lowest BCUT2D eigenvalue weighted by atomic mass is 10.2. The van der Waals surface area contributed by atoms with Gasteiger partial charge >= 0.3 is 5.69 Å². The minimum atomic E-state index is -0.354. The van der Waals surface area contributed by atoms with E-state index in [9.17, 15) is 14.0 Å². The molecule has 0 spiro atoms. The average molecular weight is 357 g/mol. The maximum atomic E-state index is 13.3. The van der Waals surface area contributed by atoms with Crippen LogP contribution in [0.4, 0.5) is 16.0 Å². The molecule has 0 saturated carbocycles. The van der Waals surface area contributed by atoms with Crippen LogP contribution in [0.25, 0.3) is 11.2 Å². The first-order valence-electron chi connectivity index (χ1n) is 8.76. The number of fused-ring (bicyclic) bond motifs is 3. The Hall–Kier alpha value is -2.90. The lowest BCUT2D eigenvalue weighted by Crippen LogP contribution is -2.39. The van der Waals surface area contributed by atoms with Gasteiger partial charge in [-0.1, -0.05) is 6.92 Å². The van der Waals surface area contributed by atoms with Crippen molar-refractivity contribution in [2.24, 2.45) is 7.05 Å². The van der Waals surface area contributed by atoms with E-state index in [1.807, 2.05) is 16.4 Å². The molecule has 3 aromatic rings. The van der Waals surface area contributed by atoms with Gasteiger partial charge in [-0.05, 0) is 37.1 Å². The van der Waals surface area contributed by atoms with Crippen molar-refractivity contribution in [2.45, 2.75) is 32.9 Å². The number of anilines is 2. The predicted octanol–water partition coefficient (Wildman–Crippen LogP) is 1.99. The van der Waals surface area contributed by atoms with Crippen LogP contribution in [0.5, 0.6) is 0 Å². The molecular weight excluding hydrogens is 337 g/mol. The molecule has 3 heterocycles. The van der Waals surface area contributed by atoms with Gasteiger partial charge < -0.3 is 9.47 Å². The van der Waals surface area contributed by atoms with E-state index in [2.05, 4.69) is 4.98 Å². The highest BCUT2D eigenvalue weighted by molar-refractivity contribution is 5.77. The van der Waals surface area contributed by atoms with E-state index in [-0.39, 0.29) is 17.1 Å². The molecule has 0 saturated heterocycles. The summed E-state index contributed by atoms with van der Waals surface area (Å²) in [6.07, 6.45) is 1.52. The fraction of sp³-hybridized carbons (Fsp3) is 0.389. The van der Waals surface area contributed by atoms with Gasteiger partial charge in [0.05, 0.1) is 0 Å². The zero-order valence-electron chi connectivity index (χ0n) is 14.8. The zero-order valence-corrected chi connectivity index (χ0v) is 14.8. The van der Waals surface area contributed by atoms with Crippen LogP contribution in [-0.4, -0.2) is 25.2 Å². The third-order valence-corrected chi connectivity index (χ3v) is 4.80. The van der Waals surface area contributed by atoms with E-state index in [0.717, 1.165) is 12.1 Å². The number of hydrogen-bond acceptors (Lipinski definition) is 4. The van der Waals surface area contributed by atoms with Crippen LogP contribution >= 0.6 is 0 Å². The van der Waals surface area contributed by atoms with Gasteiger partial charge in [-0.3, -0.25) is 13.9 Å². The summed E-state index contributed by atoms with van der Waals surface area (Å²) in [4.78, 5) is 32.0. The van der Waals surface area contributed by atoms with Crippen molar-refractivity contribution in [2.75, 3.05) is 11.4 Å². The second-order valence-corrected chi connectivity index (χ2v) is 6.52. The van der Waals surface area contributed by atoms with Crippen LogP contribution in [0.15, 0.2) is 33.9 Å². The monoisotopic (exact) mass is 357 g/mol. The van der Waals surface area contributed by atoms with Crippen molar-refractivity contribution < 1.29 is 4.39 Å². The molecule has 4 rings (SSSR count). The highest BCUT2D eigenvalue weighted by atomic mass is 19.1. The summed E-state index contributed by atoms with van der Waals surface area (Å²) < 4.78 is 17.8. The van der Waals surface area contributed by atoms with Gasteiger partial charge in [0.15, 0.2) is 11.2 Å². The Morgan fingerprint density at radius 2 is 1.88 bits per heavy atom. The molecule has 1 aromatic carbocycles. The van der Waals surface area contributed by atoms with Crippen LogP contribution in [0, 0.1) is 5.82 Å². The number of aryl methyl sites for hydroxylation is 2. The van der Waals surface area contributed by atoms with Crippen molar-refractivity contribution in [3.63, 3.8) is 0 Å². The fourth-order valence-corrected chi connectivity index (χ4v) is 3.55. The zero-order chi connectivity index (χ0) is 18.4. The summed E-state index contributed by atoms with van der Waals surface area (Å²) in [7, 11) is 1.64. The Balaban J connectivity index is 1.98. The second-order valence-electron chi connectivity index (χ2n) is 6.52. The second kappa shape index (κ2) is 6.12. The van der Waals surface area contributed by atoms with E-state index in [0.29, 0.717) is 43.2 Å². The largest absolute Gasteiger partial charge is 0.332 e. The lowest BCUT2D eigenvalue weighted by molar-refractivity contribution is 0.579. The quantitative estimate of drug-likeness (QED) is 0.719. The molecule has 0 atom stereocenters. The molecule has 26 heavy (non-hydrogen) atoms. The van der Waals surface area contributed by atoms with Gasteiger partial charge in [0.2, 0.25) is 5.95 Å². The molecule has 8 heteroatoms. The Morgan fingerprint density at radius 3 is 2.58 bits per heavy atom. The molecule has 7 nitrogen and oxygen atoms in total. The summed E-state index contributed by atoms with van der Waals surface area (Å²) >= 11 is 0. The van der Waals surface area contributed by atoms with Gasteiger partial charge in [-0.15, -0.1) is 0 Å². The molecule has 0 aliphatic carbocycles. The van der Waals surface area contributed by atoms with Gasteiger partial charge in [0, 0.05) is 32.4 Å². The highest BCUT2D eigenvalue weighted by Crippen LogP contribution is 2.30. The molecule has 0 unspecified atom stereocenters. The van der Waals surface area contributed by atoms with E-state index >= 15 is 0 Å². The SMILES string of the molecule is CCCn1c(=O)c2c(nc3n2CCCN3c2ccc(F)cc2)n(C)c1=O. The van der Waals surface area contributed by atoms with Crippen molar-refractivity contribution in [3.8, 4) is 0 Å². The lowest BCUT2D eigenvalue weighted by Gasteiger charge is -2.29. The molecule has 2 aromatic heterocycles. The van der Waals surface area contributed by atoms with Gasteiger partial charge in [0.1, 0.15) is 5.82 Å². The number of aromatic nitrogens is 4. The van der Waals surface area contributed by atoms with Gasteiger partial charge in [0.25, 0.3) is 5.56 Å². The van der Waals surface area contributed by atoms with Gasteiger partial charge in [-0.25, -0.2) is 9.18 Å². The summed E-state index contributed by atoms with van der Waals surface area (Å²) in [6.45, 7) is 3.68. The normalized spacial score (nSPS) is 14.0. The van der Waals surface area contributed by atoms with Crippen LogP contribution in [0.3, 0.4) is 0 Å². The number of benzene rings is 1. The molecule has 0 amide bonds. The molecule has 1 aliphatic rings. The van der Waals surface area contributed by atoms with Crippen molar-refractivity contribution in [1.29, 1.82) is 0 Å². The Labute approximate surface area is 148 Å². The number of imidazole rings is 1. The smallest absolute Gasteiger partial charge is 0.312 e. The van der Waals surface area contributed by atoms with E-state index in [1.54, 1.807) is 19.2 Å². The van der Waals surface area contributed by atoms with Crippen molar-refractivity contribution in [1.82, 2.24) is 18.7 Å². The Kier molecular flexibility index (Phi) is 3.90. The molecule has 136 valence electrons. The van der Waals surface area contributed by atoms with Crippen molar-refractivity contribution >= 4 is 22.8 Å². The topological polar surface area (TPSA) is 65.1 Å². The number of rotatable bonds is 3. The van der Waals surface area contributed by atoms with Crippen LogP contribution in [0.2, 0.25) is 0 Å². The molecule has 0 bridgehead atoms. The highest BCUT2D eigenvalue weighted by Gasteiger charge is 2.26. The van der Waals surface area contributed by atoms with Crippen molar-refractivity contribution in [3.05, 3.63) is 50.9 Å². The summed E-state index contributed by atoms with van der Waals surface area (Å²) in [6, 6.07) is 6.19. The molecular formula is C18H20FN5O2. The van der Waals surface area contributed by atoms with Crippen LogP contribution in [0.1, 0.15) is 19.8 Å². The number of hydrogen-bond donors (Lipinski definition) is 0. The average Bonchev–Trinajstić information content (AvgIpc) is 3.04. The van der Waals surface area contributed by atoms with Crippen LogP contribution < -0.4 is 16.1 Å². The third-order valence-electron chi connectivity index (χ3n) is 4.80. The van der Waals surface area contributed by atoms with E-state index in [4.69, 9.17) is 0 Å². The Bertz CT molecular complexity index is 1090. The fourth-order valence-electron chi connectivity index (χ4n) is 3.55. The predicted molar refractivity (Wildman–Crippen MR) is 97.5 cm³/mol. The maximum Gasteiger partial charge on any atom is 0.332 e. The minimum Gasteiger partial charge on any atom is -0.312 e. The summed E-state index contributed by atoms with van der Waals surface area (Å²) in [5, 5.41) is 0. The van der Waals surface area contributed by atoms with Gasteiger partial charge in [-0.2, -0.15) is 4.98 Å². The summed E-state index contributed by atoms with van der Waals surface area (Å²) in [5.74, 6) is 0.309. The number of halogens is 1. The standard InChI is InChI=1S/C18H20FN5O2/c1-3-9-24-16(25)14-15(21(2)18(24)26)20-17-22(10-4-11-23(14)17)13-7-5-12(19)6-8-13/h5-8H,3-4,9-11H2,1-2H3. The van der Waals surface area contributed by atoms with E-state index in [1.165, 1.54) is 21.3 Å². The molecule has 0 radical (unpaired) electrons.